The first-order valence-electron chi connectivity index (χ1n) is 5.21. The van der Waals surface area contributed by atoms with Crippen molar-refractivity contribution in [3.8, 4) is 0 Å². The molecule has 0 amide bonds. The van der Waals surface area contributed by atoms with Crippen LogP contribution in [0.15, 0.2) is 0 Å². The topological polar surface area (TPSA) is 34.1 Å². The molecular formula is C11H20O2S. The van der Waals surface area contributed by atoms with Crippen LogP contribution in [0.25, 0.3) is 0 Å². The van der Waals surface area contributed by atoms with E-state index in [1.54, 1.807) is 12.5 Å². The third-order valence-corrected chi connectivity index (χ3v) is 3.62. The zero-order valence-electron chi connectivity index (χ0n) is 9.29. The van der Waals surface area contributed by atoms with Crippen molar-refractivity contribution in [2.24, 2.45) is 11.8 Å². The maximum absolute atomic E-state index is 11.7. The lowest BCUT2D eigenvalue weighted by Crippen LogP contribution is -2.23. The Hall–Kier alpha value is -0.310. The molecule has 0 radical (unpaired) electrons. The highest BCUT2D eigenvalue weighted by atomic mass is 32.2. The Morgan fingerprint density at radius 2 is 1.71 bits per heavy atom. The summed E-state index contributed by atoms with van der Waals surface area (Å²) in [6.07, 6.45) is 7.47. The van der Waals surface area contributed by atoms with Crippen LogP contribution in [0.4, 0.5) is 0 Å². The average Bonchev–Trinajstić information content (AvgIpc) is 2.02. The van der Waals surface area contributed by atoms with E-state index < -0.39 is 9.52 Å². The number of rotatable bonds is 2. The lowest BCUT2D eigenvalue weighted by molar-refractivity contribution is -0.116. The number of carbonyl (C=O) groups excluding carboxylic acids is 1. The van der Waals surface area contributed by atoms with Gasteiger partial charge in [-0.05, 0) is 28.3 Å². The van der Waals surface area contributed by atoms with Crippen molar-refractivity contribution in [1.82, 2.24) is 0 Å². The van der Waals surface area contributed by atoms with E-state index >= 15 is 0 Å². The van der Waals surface area contributed by atoms with E-state index in [2.05, 4.69) is 6.92 Å². The van der Waals surface area contributed by atoms with Crippen LogP contribution >= 0.6 is 0 Å². The second-order valence-electron chi connectivity index (χ2n) is 4.79. The molecule has 82 valence electrons. The quantitative estimate of drug-likeness (QED) is 0.659. The Morgan fingerprint density at radius 3 is 2.14 bits per heavy atom. The van der Waals surface area contributed by atoms with Crippen LogP contribution in [0.2, 0.25) is 0 Å². The molecule has 0 N–H and O–H groups in total. The summed E-state index contributed by atoms with van der Waals surface area (Å²) in [5.41, 5.74) is 0. The van der Waals surface area contributed by atoms with Gasteiger partial charge in [-0.25, -0.2) is 0 Å². The van der Waals surface area contributed by atoms with Crippen LogP contribution in [0, 0.1) is 11.8 Å². The van der Waals surface area contributed by atoms with Crippen molar-refractivity contribution in [2.75, 3.05) is 12.5 Å². The van der Waals surface area contributed by atoms with Crippen LogP contribution in [0.5, 0.6) is 0 Å². The average molecular weight is 216 g/mol. The molecule has 0 aromatic carbocycles. The number of hydrogen-bond acceptors (Lipinski definition) is 2. The van der Waals surface area contributed by atoms with Crippen molar-refractivity contribution < 1.29 is 9.00 Å². The van der Waals surface area contributed by atoms with Gasteiger partial charge in [-0.1, -0.05) is 19.8 Å². The van der Waals surface area contributed by atoms with E-state index in [1.807, 2.05) is 0 Å². The predicted molar refractivity (Wildman–Crippen MR) is 62.2 cm³/mol. The zero-order valence-corrected chi connectivity index (χ0v) is 10.1. The number of hydrogen-bond donors (Lipinski definition) is 0. The molecule has 1 saturated carbocycles. The fourth-order valence-corrected chi connectivity index (χ4v) is 2.67. The van der Waals surface area contributed by atoms with Gasteiger partial charge in [0.1, 0.15) is 0 Å². The minimum absolute atomic E-state index is 0.104. The number of Topliss-reactive ketones (excluding diaryl/α,β-unsaturated/α-hetero) is 1. The standard InChI is InChI=1S/C11H20O2S/c1-9-4-6-10(7-5-9)11(12)8-14(2,3)13/h8-10H,4-7H2,1-3H3. The molecule has 1 rings (SSSR count). The summed E-state index contributed by atoms with van der Waals surface area (Å²) in [5.74, 6) is 1.01. The van der Waals surface area contributed by atoms with Gasteiger partial charge in [0.2, 0.25) is 0 Å². The van der Waals surface area contributed by atoms with Crippen molar-refractivity contribution in [3.05, 3.63) is 0 Å². The SMILES string of the molecule is CC1CCC(C(=O)C=S(C)(C)=O)CC1. The zero-order chi connectivity index (χ0) is 10.8. The fraction of sp³-hybridized carbons (Fsp3) is 0.818. The molecule has 2 nitrogen and oxygen atoms in total. The van der Waals surface area contributed by atoms with Gasteiger partial charge in [0.15, 0.2) is 5.78 Å². The van der Waals surface area contributed by atoms with Crippen molar-refractivity contribution >= 4 is 20.7 Å². The van der Waals surface area contributed by atoms with Gasteiger partial charge >= 0.3 is 0 Å². The maximum atomic E-state index is 11.7. The van der Waals surface area contributed by atoms with Gasteiger partial charge in [-0.15, -0.1) is 0 Å². The molecule has 0 spiro atoms. The second kappa shape index (κ2) is 4.47. The van der Waals surface area contributed by atoms with E-state index in [4.69, 9.17) is 0 Å². The van der Waals surface area contributed by atoms with Crippen LogP contribution in [-0.2, 0) is 14.3 Å². The van der Waals surface area contributed by atoms with E-state index in [0.717, 1.165) is 31.6 Å². The van der Waals surface area contributed by atoms with E-state index in [-0.39, 0.29) is 11.7 Å². The third kappa shape index (κ3) is 3.82. The summed E-state index contributed by atoms with van der Waals surface area (Å²) < 4.78 is 11.4. The molecule has 0 heterocycles. The molecule has 0 saturated heterocycles. The Labute approximate surface area is 87.1 Å². The lowest BCUT2D eigenvalue weighted by Gasteiger charge is -2.24. The van der Waals surface area contributed by atoms with Crippen LogP contribution in [0.3, 0.4) is 0 Å². The molecule has 14 heavy (non-hydrogen) atoms. The first-order valence-corrected chi connectivity index (χ1v) is 7.65. The van der Waals surface area contributed by atoms with Crippen molar-refractivity contribution in [2.45, 2.75) is 32.6 Å². The highest BCUT2D eigenvalue weighted by Crippen LogP contribution is 2.28. The van der Waals surface area contributed by atoms with Gasteiger partial charge in [-0.2, -0.15) is 0 Å². The maximum Gasteiger partial charge on any atom is 0.166 e. The summed E-state index contributed by atoms with van der Waals surface area (Å²) in [7, 11) is -2.01. The normalized spacial score (nSPS) is 28.5. The minimum Gasteiger partial charge on any atom is -0.294 e. The lowest BCUT2D eigenvalue weighted by atomic mass is 9.81. The van der Waals surface area contributed by atoms with Crippen LogP contribution in [0.1, 0.15) is 32.6 Å². The molecule has 0 aromatic rings. The third-order valence-electron chi connectivity index (χ3n) is 2.82. The molecule has 1 aliphatic carbocycles. The number of carbonyl (C=O) groups is 1. The monoisotopic (exact) mass is 216 g/mol. The Kier molecular flexibility index (Phi) is 3.76. The molecule has 0 bridgehead atoms. The van der Waals surface area contributed by atoms with Crippen LogP contribution < -0.4 is 0 Å². The molecular weight excluding hydrogens is 196 g/mol. The van der Waals surface area contributed by atoms with E-state index in [0.29, 0.717) is 0 Å². The van der Waals surface area contributed by atoms with Crippen LogP contribution in [-0.4, -0.2) is 27.9 Å². The second-order valence-corrected chi connectivity index (χ2v) is 7.64. The first kappa shape index (κ1) is 11.8. The molecule has 1 aliphatic rings. The van der Waals surface area contributed by atoms with Gasteiger partial charge in [-0.3, -0.25) is 9.00 Å². The Balaban J connectivity index is 2.60. The largest absolute Gasteiger partial charge is 0.294 e. The molecule has 3 heteroatoms. The van der Waals surface area contributed by atoms with Gasteiger partial charge in [0, 0.05) is 23.8 Å². The molecule has 0 aromatic heterocycles. The first-order chi connectivity index (χ1) is 6.38. The van der Waals surface area contributed by atoms with Crippen molar-refractivity contribution in [1.29, 1.82) is 0 Å². The van der Waals surface area contributed by atoms with Crippen molar-refractivity contribution in [3.63, 3.8) is 0 Å². The molecule has 0 aliphatic heterocycles. The summed E-state index contributed by atoms with van der Waals surface area (Å²) in [4.78, 5) is 11.7. The highest BCUT2D eigenvalue weighted by Gasteiger charge is 2.23. The molecule has 0 unspecified atom stereocenters. The van der Waals surface area contributed by atoms with E-state index in [1.165, 1.54) is 5.37 Å². The fourth-order valence-electron chi connectivity index (χ4n) is 1.92. The highest BCUT2D eigenvalue weighted by molar-refractivity contribution is 8.01. The minimum atomic E-state index is -2.01. The van der Waals surface area contributed by atoms with Gasteiger partial charge in [0.05, 0.1) is 0 Å². The smallest absolute Gasteiger partial charge is 0.166 e. The summed E-state index contributed by atoms with van der Waals surface area (Å²) in [5, 5.41) is 1.44. The summed E-state index contributed by atoms with van der Waals surface area (Å²) in [6.45, 7) is 2.23. The van der Waals surface area contributed by atoms with Gasteiger partial charge in [0.25, 0.3) is 0 Å². The predicted octanol–water partition coefficient (Wildman–Crippen LogP) is 1.73. The Bertz CT molecular complexity index is 308. The van der Waals surface area contributed by atoms with Gasteiger partial charge < -0.3 is 0 Å². The molecule has 0 atom stereocenters. The number of ketones is 1. The Morgan fingerprint density at radius 1 is 1.21 bits per heavy atom. The summed E-state index contributed by atoms with van der Waals surface area (Å²) in [6, 6.07) is 0. The summed E-state index contributed by atoms with van der Waals surface area (Å²) >= 11 is 0. The molecule has 1 fully saturated rings. The van der Waals surface area contributed by atoms with E-state index in [9.17, 15) is 9.00 Å².